The summed E-state index contributed by atoms with van der Waals surface area (Å²) >= 11 is 3.98. The minimum absolute atomic E-state index is 0.717. The van der Waals surface area contributed by atoms with Crippen LogP contribution in [-0.4, -0.2) is 11.1 Å². The van der Waals surface area contributed by atoms with Crippen molar-refractivity contribution in [2.24, 2.45) is 0 Å². The predicted molar refractivity (Wildman–Crippen MR) is 55.2 cm³/mol. The highest BCUT2D eigenvalue weighted by molar-refractivity contribution is 7.81. The molecule has 1 unspecified atom stereocenters. The van der Waals surface area contributed by atoms with Crippen molar-refractivity contribution in [3.05, 3.63) is 35.4 Å². The first-order chi connectivity index (χ1) is 6.15. The van der Waals surface area contributed by atoms with E-state index in [0.29, 0.717) is 0 Å². The zero-order valence-corrected chi connectivity index (χ0v) is 8.29. The normalized spacial score (nSPS) is 12.5. The van der Waals surface area contributed by atoms with Crippen LogP contribution in [-0.2, 0) is 11.2 Å². The zero-order valence-electron chi connectivity index (χ0n) is 7.40. The fourth-order valence-corrected chi connectivity index (χ4v) is 1.25. The summed E-state index contributed by atoms with van der Waals surface area (Å²) in [7, 11) is 0. The fraction of sp³-hybridized carbons (Fsp3) is 0.300. The molecule has 0 radical (unpaired) electrons. The highest BCUT2D eigenvalue weighted by atomic mass is 32.1. The monoisotopic (exact) mass is 196 g/mol. The molecule has 0 aromatic heterocycles. The van der Waals surface area contributed by atoms with E-state index in [2.05, 4.69) is 19.6 Å². The number of carbonyl (C=O) groups is 1. The standard InChI is InChI=1S/C10H12O2S/c1-2-7-3-5-8(6-4-7)9(13)10(11)12/h3-6,9,13H,2H2,1H3,(H,11,12). The van der Waals surface area contributed by atoms with Crippen molar-refractivity contribution >= 4 is 18.6 Å². The van der Waals surface area contributed by atoms with Crippen LogP contribution in [0.2, 0.25) is 0 Å². The van der Waals surface area contributed by atoms with Gasteiger partial charge in [-0.15, -0.1) is 0 Å². The Hall–Kier alpha value is -0.960. The Kier molecular flexibility index (Phi) is 3.37. The van der Waals surface area contributed by atoms with Crippen LogP contribution >= 0.6 is 12.6 Å². The molecule has 1 aromatic rings. The SMILES string of the molecule is CCc1ccc(C(S)C(=O)O)cc1. The van der Waals surface area contributed by atoms with Gasteiger partial charge in [-0.1, -0.05) is 31.2 Å². The van der Waals surface area contributed by atoms with Gasteiger partial charge in [0, 0.05) is 0 Å². The van der Waals surface area contributed by atoms with Gasteiger partial charge in [0.1, 0.15) is 5.25 Å². The molecule has 70 valence electrons. The summed E-state index contributed by atoms with van der Waals surface area (Å²) in [5.74, 6) is -0.910. The smallest absolute Gasteiger partial charge is 0.320 e. The summed E-state index contributed by atoms with van der Waals surface area (Å²) < 4.78 is 0. The first-order valence-electron chi connectivity index (χ1n) is 4.15. The molecule has 0 fully saturated rings. The van der Waals surface area contributed by atoms with Gasteiger partial charge in [0.05, 0.1) is 0 Å². The van der Waals surface area contributed by atoms with Gasteiger partial charge >= 0.3 is 5.97 Å². The molecule has 0 bridgehead atoms. The number of thiol groups is 1. The van der Waals surface area contributed by atoms with Crippen LogP contribution in [0.3, 0.4) is 0 Å². The first-order valence-corrected chi connectivity index (χ1v) is 4.66. The lowest BCUT2D eigenvalue weighted by molar-refractivity contribution is -0.136. The molecule has 0 aliphatic carbocycles. The van der Waals surface area contributed by atoms with Crippen LogP contribution < -0.4 is 0 Å². The molecule has 13 heavy (non-hydrogen) atoms. The molecule has 0 saturated carbocycles. The van der Waals surface area contributed by atoms with Gasteiger partial charge in [-0.3, -0.25) is 4.79 Å². The van der Waals surface area contributed by atoms with Gasteiger partial charge in [-0.25, -0.2) is 0 Å². The van der Waals surface area contributed by atoms with Crippen LogP contribution in [0.15, 0.2) is 24.3 Å². The van der Waals surface area contributed by atoms with E-state index >= 15 is 0 Å². The van der Waals surface area contributed by atoms with E-state index in [4.69, 9.17) is 5.11 Å². The van der Waals surface area contributed by atoms with Gasteiger partial charge in [-0.2, -0.15) is 12.6 Å². The van der Waals surface area contributed by atoms with E-state index in [1.54, 1.807) is 0 Å². The zero-order chi connectivity index (χ0) is 9.84. The predicted octanol–water partition coefficient (Wildman–Crippen LogP) is 2.30. The third-order valence-electron chi connectivity index (χ3n) is 1.94. The Morgan fingerprint density at radius 3 is 2.38 bits per heavy atom. The molecule has 0 spiro atoms. The summed E-state index contributed by atoms with van der Waals surface area (Å²) in [5, 5.41) is 7.97. The summed E-state index contributed by atoms with van der Waals surface area (Å²) in [5.41, 5.74) is 1.93. The van der Waals surface area contributed by atoms with Crippen LogP contribution in [0, 0.1) is 0 Å². The van der Waals surface area contributed by atoms with Gasteiger partial charge in [-0.05, 0) is 17.5 Å². The average Bonchev–Trinajstić information content (AvgIpc) is 2.17. The maximum Gasteiger partial charge on any atom is 0.320 e. The van der Waals surface area contributed by atoms with E-state index in [0.717, 1.165) is 12.0 Å². The molecule has 0 amide bonds. The van der Waals surface area contributed by atoms with Crippen molar-refractivity contribution in [1.29, 1.82) is 0 Å². The van der Waals surface area contributed by atoms with Gasteiger partial charge < -0.3 is 5.11 Å². The number of aliphatic carboxylic acids is 1. The van der Waals surface area contributed by atoms with Gasteiger partial charge in [0.25, 0.3) is 0 Å². The maximum absolute atomic E-state index is 10.6. The molecule has 0 saturated heterocycles. The second-order valence-electron chi connectivity index (χ2n) is 2.84. The van der Waals surface area contributed by atoms with Crippen molar-refractivity contribution in [3.8, 4) is 0 Å². The highest BCUT2D eigenvalue weighted by Gasteiger charge is 2.13. The third-order valence-corrected chi connectivity index (χ3v) is 2.46. The summed E-state index contributed by atoms with van der Waals surface area (Å²) in [6.45, 7) is 2.06. The number of aryl methyl sites for hydroxylation is 1. The minimum atomic E-state index is -0.910. The van der Waals surface area contributed by atoms with E-state index in [9.17, 15) is 4.79 Å². The Labute approximate surface area is 83.0 Å². The topological polar surface area (TPSA) is 37.3 Å². The minimum Gasteiger partial charge on any atom is -0.480 e. The van der Waals surface area contributed by atoms with Crippen molar-refractivity contribution in [2.75, 3.05) is 0 Å². The van der Waals surface area contributed by atoms with Crippen molar-refractivity contribution in [1.82, 2.24) is 0 Å². The second kappa shape index (κ2) is 4.33. The van der Waals surface area contributed by atoms with E-state index in [1.165, 1.54) is 5.56 Å². The first kappa shape index (κ1) is 10.1. The molecule has 1 rings (SSSR count). The van der Waals surface area contributed by atoms with Crippen LogP contribution in [0.4, 0.5) is 0 Å². The summed E-state index contributed by atoms with van der Waals surface area (Å²) in [6, 6.07) is 7.48. The Bertz CT molecular complexity index is 292. The molecule has 2 nitrogen and oxygen atoms in total. The van der Waals surface area contributed by atoms with Crippen LogP contribution in [0.5, 0.6) is 0 Å². The molecule has 1 atom stereocenters. The van der Waals surface area contributed by atoms with Gasteiger partial charge in [0.2, 0.25) is 0 Å². The maximum atomic E-state index is 10.6. The Morgan fingerprint density at radius 2 is 2.00 bits per heavy atom. The fourth-order valence-electron chi connectivity index (χ4n) is 1.08. The lowest BCUT2D eigenvalue weighted by Crippen LogP contribution is -2.04. The van der Waals surface area contributed by atoms with Crippen molar-refractivity contribution in [2.45, 2.75) is 18.6 Å². The van der Waals surface area contributed by atoms with Crippen molar-refractivity contribution < 1.29 is 9.90 Å². The number of carboxylic acids is 1. The number of hydrogen-bond acceptors (Lipinski definition) is 2. The highest BCUT2D eigenvalue weighted by Crippen LogP contribution is 2.20. The van der Waals surface area contributed by atoms with Crippen LogP contribution in [0.25, 0.3) is 0 Å². The van der Waals surface area contributed by atoms with E-state index in [1.807, 2.05) is 24.3 Å². The molecular formula is C10H12O2S. The van der Waals surface area contributed by atoms with Crippen LogP contribution in [0.1, 0.15) is 23.3 Å². The van der Waals surface area contributed by atoms with E-state index < -0.39 is 11.2 Å². The molecule has 0 aliphatic heterocycles. The Morgan fingerprint density at radius 1 is 1.46 bits per heavy atom. The third kappa shape index (κ3) is 2.49. The molecule has 1 N–H and O–H groups in total. The van der Waals surface area contributed by atoms with Gasteiger partial charge in [0.15, 0.2) is 0 Å². The number of benzene rings is 1. The lowest BCUT2D eigenvalue weighted by atomic mass is 10.1. The molecule has 0 heterocycles. The Balaban J connectivity index is 2.85. The second-order valence-corrected chi connectivity index (χ2v) is 3.35. The largest absolute Gasteiger partial charge is 0.480 e. The molecular weight excluding hydrogens is 184 g/mol. The summed E-state index contributed by atoms with van der Waals surface area (Å²) in [6.07, 6.45) is 0.963. The number of rotatable bonds is 3. The molecule has 3 heteroatoms. The number of hydrogen-bond donors (Lipinski definition) is 2. The average molecular weight is 196 g/mol. The number of carboxylic acid groups (broad SMARTS) is 1. The lowest BCUT2D eigenvalue weighted by Gasteiger charge is -2.05. The molecule has 0 aliphatic rings. The molecule has 1 aromatic carbocycles. The van der Waals surface area contributed by atoms with Crippen molar-refractivity contribution in [3.63, 3.8) is 0 Å². The summed E-state index contributed by atoms with van der Waals surface area (Å²) in [4.78, 5) is 10.6. The quantitative estimate of drug-likeness (QED) is 0.728. The van der Waals surface area contributed by atoms with E-state index in [-0.39, 0.29) is 0 Å².